The van der Waals surface area contributed by atoms with Gasteiger partial charge in [0.05, 0.1) is 36.9 Å². The van der Waals surface area contributed by atoms with E-state index in [0.717, 1.165) is 11.3 Å². The number of rotatable bonds is 17. The fourth-order valence-corrected chi connectivity index (χ4v) is 5.98. The molecule has 1 fully saturated rings. The second kappa shape index (κ2) is 17.8. The van der Waals surface area contributed by atoms with E-state index in [1.54, 1.807) is 6.08 Å². The lowest BCUT2D eigenvalue weighted by Gasteiger charge is -2.43. The van der Waals surface area contributed by atoms with Gasteiger partial charge in [0.1, 0.15) is 25.1 Å². The van der Waals surface area contributed by atoms with E-state index >= 15 is 0 Å². The van der Waals surface area contributed by atoms with E-state index in [2.05, 4.69) is 11.7 Å². The molecule has 2 aliphatic carbocycles. The molecular formula is C35H49NO9. The van der Waals surface area contributed by atoms with Crippen molar-refractivity contribution in [2.45, 2.75) is 97.6 Å². The Morgan fingerprint density at radius 3 is 2.64 bits per heavy atom. The van der Waals surface area contributed by atoms with Crippen LogP contribution in [-0.4, -0.2) is 65.2 Å². The van der Waals surface area contributed by atoms with Crippen LogP contribution in [0.5, 0.6) is 5.75 Å². The summed E-state index contributed by atoms with van der Waals surface area (Å²) in [6, 6.07) is 7.57. The molecule has 0 spiro atoms. The highest BCUT2D eigenvalue weighted by Gasteiger charge is 2.46. The van der Waals surface area contributed by atoms with E-state index in [1.165, 1.54) is 6.08 Å². The normalized spacial score (nSPS) is 24.1. The second-order valence-corrected chi connectivity index (χ2v) is 12.0. The Morgan fingerprint density at radius 2 is 1.93 bits per heavy atom. The summed E-state index contributed by atoms with van der Waals surface area (Å²) < 4.78 is 16.7. The summed E-state index contributed by atoms with van der Waals surface area (Å²) in [6.07, 6.45) is 2.74. The zero-order valence-corrected chi connectivity index (χ0v) is 27.0. The molecule has 1 aromatic carbocycles. The lowest BCUT2D eigenvalue weighted by molar-refractivity contribution is -0.158. The molecule has 0 bridgehead atoms. The van der Waals surface area contributed by atoms with Gasteiger partial charge in [0, 0.05) is 17.4 Å². The van der Waals surface area contributed by atoms with Crippen LogP contribution in [0.3, 0.4) is 0 Å². The van der Waals surface area contributed by atoms with Gasteiger partial charge in [-0.1, -0.05) is 56.8 Å². The van der Waals surface area contributed by atoms with Crippen LogP contribution in [0.25, 0.3) is 0 Å². The van der Waals surface area contributed by atoms with Gasteiger partial charge in [0.15, 0.2) is 5.78 Å². The Labute approximate surface area is 266 Å². The van der Waals surface area contributed by atoms with Gasteiger partial charge >= 0.3 is 11.9 Å². The number of ether oxygens (including phenoxy) is 3. The molecule has 0 saturated heterocycles. The van der Waals surface area contributed by atoms with E-state index in [-0.39, 0.29) is 67.9 Å². The monoisotopic (exact) mass is 627 g/mol. The SMILES string of the molecule is C=CCOC(=O)CC(O)CC(O)CCC1C(C)C(=O)C=C2/C(=N\OCc3ccccc3OCC)CCC(OC(=O)C(C)CC)C21. The van der Waals surface area contributed by atoms with Gasteiger partial charge in [-0.2, -0.15) is 0 Å². The maximum Gasteiger partial charge on any atom is 0.308 e. The molecule has 0 radical (unpaired) electrons. The number of oxime groups is 1. The van der Waals surface area contributed by atoms with Crippen LogP contribution in [0, 0.1) is 23.7 Å². The number of para-hydroxylation sites is 1. The fourth-order valence-electron chi connectivity index (χ4n) is 5.98. The number of hydrogen-bond donors (Lipinski definition) is 2. The van der Waals surface area contributed by atoms with Crippen molar-refractivity contribution < 1.29 is 43.6 Å². The average Bonchev–Trinajstić information content (AvgIpc) is 3.01. The molecule has 0 heterocycles. The number of aliphatic hydroxyl groups excluding tert-OH is 2. The van der Waals surface area contributed by atoms with Crippen molar-refractivity contribution in [3.63, 3.8) is 0 Å². The first kappa shape index (κ1) is 36.0. The molecule has 2 N–H and O–H groups in total. The number of benzene rings is 1. The van der Waals surface area contributed by atoms with Crippen molar-refractivity contribution in [1.82, 2.24) is 0 Å². The first-order valence-electron chi connectivity index (χ1n) is 16.1. The minimum atomic E-state index is -1.07. The molecular weight excluding hydrogens is 578 g/mol. The molecule has 2 aliphatic rings. The summed E-state index contributed by atoms with van der Waals surface area (Å²) in [7, 11) is 0. The summed E-state index contributed by atoms with van der Waals surface area (Å²) in [5.74, 6) is -1.40. The third-order valence-electron chi connectivity index (χ3n) is 8.70. The van der Waals surface area contributed by atoms with Gasteiger partial charge in [0.25, 0.3) is 0 Å². The summed E-state index contributed by atoms with van der Waals surface area (Å²) in [6.45, 7) is 11.8. The van der Waals surface area contributed by atoms with E-state index in [1.807, 2.05) is 52.0 Å². The van der Waals surface area contributed by atoms with Crippen LogP contribution in [0.15, 0.2) is 53.7 Å². The minimum Gasteiger partial charge on any atom is -0.493 e. The quantitative estimate of drug-likeness (QED) is 0.137. The molecule has 3 rings (SSSR count). The van der Waals surface area contributed by atoms with Crippen LogP contribution >= 0.6 is 0 Å². The van der Waals surface area contributed by atoms with E-state index in [0.29, 0.717) is 43.6 Å². The number of carbonyl (C=O) groups excluding carboxylic acids is 3. The van der Waals surface area contributed by atoms with Crippen molar-refractivity contribution in [3.8, 4) is 5.75 Å². The average molecular weight is 628 g/mol. The smallest absolute Gasteiger partial charge is 0.308 e. The summed E-state index contributed by atoms with van der Waals surface area (Å²) in [5, 5.41) is 25.6. The van der Waals surface area contributed by atoms with Crippen LogP contribution in [0.4, 0.5) is 0 Å². The second-order valence-electron chi connectivity index (χ2n) is 12.0. The Bertz CT molecular complexity index is 1230. The van der Waals surface area contributed by atoms with Crippen LogP contribution < -0.4 is 4.74 Å². The maximum absolute atomic E-state index is 13.3. The lowest BCUT2D eigenvalue weighted by atomic mass is 9.63. The Morgan fingerprint density at radius 1 is 1.18 bits per heavy atom. The first-order valence-corrected chi connectivity index (χ1v) is 16.1. The predicted octanol–water partition coefficient (Wildman–Crippen LogP) is 5.10. The standard InChI is InChI=1S/C35H49NO9/c1-6-17-43-33(40)19-26(38)18-25(37)13-14-27-23(5)30(39)20-28-29(15-16-32(34(27)28)45-35(41)22(4)7-2)36-44-21-24-11-9-10-12-31(24)42-8-3/h6,9-12,20,22-23,25-27,32,34,37-38H,1,7-8,13-19,21H2,2-5H3/b36-29-. The zero-order chi connectivity index (χ0) is 32.9. The molecule has 10 heteroatoms. The fraction of sp³-hybridized carbons (Fsp3) is 0.600. The van der Waals surface area contributed by atoms with Gasteiger partial charge in [-0.25, -0.2) is 0 Å². The molecule has 1 saturated carbocycles. The van der Waals surface area contributed by atoms with E-state index in [4.69, 9.17) is 19.0 Å². The number of allylic oxidation sites excluding steroid dienone is 1. The van der Waals surface area contributed by atoms with E-state index in [9.17, 15) is 24.6 Å². The van der Waals surface area contributed by atoms with Crippen LogP contribution in [-0.2, 0) is 35.3 Å². The molecule has 1 aromatic rings. The van der Waals surface area contributed by atoms with Crippen molar-refractivity contribution in [2.75, 3.05) is 13.2 Å². The number of carbonyl (C=O) groups is 3. The number of hydrogen-bond acceptors (Lipinski definition) is 10. The topological polar surface area (TPSA) is 141 Å². The summed E-state index contributed by atoms with van der Waals surface area (Å²) >= 11 is 0. The molecule has 0 aromatic heterocycles. The Hall–Kier alpha value is -3.50. The van der Waals surface area contributed by atoms with Crippen LogP contribution in [0.2, 0.25) is 0 Å². The van der Waals surface area contributed by atoms with Crippen molar-refractivity contribution in [2.24, 2.45) is 28.8 Å². The molecule has 248 valence electrons. The number of nitrogens with zero attached hydrogens (tertiary/aromatic N) is 1. The highest BCUT2D eigenvalue weighted by Crippen LogP contribution is 2.45. The largest absolute Gasteiger partial charge is 0.493 e. The first-order chi connectivity index (χ1) is 21.6. The third kappa shape index (κ3) is 10.3. The molecule has 0 amide bonds. The highest BCUT2D eigenvalue weighted by atomic mass is 16.6. The molecule has 45 heavy (non-hydrogen) atoms. The predicted molar refractivity (Wildman–Crippen MR) is 169 cm³/mol. The number of aliphatic hydroxyl groups is 2. The van der Waals surface area contributed by atoms with Crippen molar-refractivity contribution in [3.05, 3.63) is 54.1 Å². The third-order valence-corrected chi connectivity index (χ3v) is 8.70. The van der Waals surface area contributed by atoms with Gasteiger partial charge in [-0.05, 0) is 69.1 Å². The highest BCUT2D eigenvalue weighted by molar-refractivity contribution is 6.08. The Kier molecular flexibility index (Phi) is 14.3. The number of ketones is 1. The molecule has 0 aliphatic heterocycles. The minimum absolute atomic E-state index is 0.0121. The van der Waals surface area contributed by atoms with Gasteiger partial charge in [-0.15, -0.1) is 0 Å². The van der Waals surface area contributed by atoms with E-state index < -0.39 is 24.3 Å². The summed E-state index contributed by atoms with van der Waals surface area (Å²) in [4.78, 5) is 43.8. The van der Waals surface area contributed by atoms with Crippen molar-refractivity contribution in [1.29, 1.82) is 0 Å². The number of fused-ring (bicyclic) bond motifs is 1. The molecule has 7 unspecified atom stereocenters. The lowest BCUT2D eigenvalue weighted by Crippen LogP contribution is -2.46. The van der Waals surface area contributed by atoms with Crippen molar-refractivity contribution >= 4 is 23.4 Å². The molecule has 10 nitrogen and oxygen atoms in total. The zero-order valence-electron chi connectivity index (χ0n) is 27.0. The summed E-state index contributed by atoms with van der Waals surface area (Å²) in [5.41, 5.74) is 2.19. The van der Waals surface area contributed by atoms with Crippen LogP contribution in [0.1, 0.15) is 78.2 Å². The van der Waals surface area contributed by atoms with Gasteiger partial charge < -0.3 is 29.3 Å². The number of esters is 2. The maximum atomic E-state index is 13.3. The van der Waals surface area contributed by atoms with Gasteiger partial charge in [-0.3, -0.25) is 14.4 Å². The molecule has 7 atom stereocenters. The Balaban J connectivity index is 1.79. The van der Waals surface area contributed by atoms with Gasteiger partial charge in [0.2, 0.25) is 0 Å².